The summed E-state index contributed by atoms with van der Waals surface area (Å²) < 4.78 is 5.40. The number of hydrogen-bond donors (Lipinski definition) is 2. The van der Waals surface area contributed by atoms with Crippen molar-refractivity contribution >= 4 is 29.1 Å². The van der Waals surface area contributed by atoms with E-state index in [2.05, 4.69) is 5.32 Å². The smallest absolute Gasteiger partial charge is 0.306 e. The number of morpholine rings is 1. The molecule has 3 rings (SSSR count). The maximum Gasteiger partial charge on any atom is 0.306 e. The van der Waals surface area contributed by atoms with E-state index < -0.39 is 12.1 Å². The van der Waals surface area contributed by atoms with E-state index >= 15 is 0 Å². The Balaban J connectivity index is 1.55. The number of carbonyl (C=O) groups is 3. The molecule has 1 aliphatic rings. The first-order valence-corrected chi connectivity index (χ1v) is 9.44. The number of amides is 2. The van der Waals surface area contributed by atoms with E-state index in [4.69, 9.17) is 9.84 Å². The molecule has 7 nitrogen and oxygen atoms in total. The van der Waals surface area contributed by atoms with Gasteiger partial charge < -0.3 is 20.1 Å². The molecule has 0 spiro atoms. The fourth-order valence-corrected chi connectivity index (χ4v) is 3.49. The molecule has 0 aliphatic carbocycles. The van der Waals surface area contributed by atoms with Gasteiger partial charge in [-0.05, 0) is 29.1 Å². The molecule has 1 aromatic heterocycles. The summed E-state index contributed by atoms with van der Waals surface area (Å²) in [5, 5.41) is 13.6. The van der Waals surface area contributed by atoms with Gasteiger partial charge >= 0.3 is 5.97 Å². The maximum absolute atomic E-state index is 12.6. The Kier molecular flexibility index (Phi) is 6.20. The molecule has 1 aliphatic heterocycles. The summed E-state index contributed by atoms with van der Waals surface area (Å²) in [5.74, 6) is -1.21. The first-order chi connectivity index (χ1) is 13.0. The second kappa shape index (κ2) is 8.79. The number of nitrogens with zero attached hydrogens (tertiary/aromatic N) is 1. The van der Waals surface area contributed by atoms with Crippen molar-refractivity contribution in [1.82, 2.24) is 10.2 Å². The molecule has 1 saturated heterocycles. The topological polar surface area (TPSA) is 95.9 Å². The van der Waals surface area contributed by atoms with Crippen molar-refractivity contribution in [2.24, 2.45) is 0 Å². The van der Waals surface area contributed by atoms with Crippen LogP contribution in [0.25, 0.3) is 0 Å². The van der Waals surface area contributed by atoms with Crippen molar-refractivity contribution in [2.75, 3.05) is 19.7 Å². The highest BCUT2D eigenvalue weighted by molar-refractivity contribution is 7.12. The SMILES string of the molecule is O=C(O)CC1CN(C(=O)c2ccc(CNC(=O)c3cccs3)cc2)CCO1. The highest BCUT2D eigenvalue weighted by Gasteiger charge is 2.26. The summed E-state index contributed by atoms with van der Waals surface area (Å²) in [4.78, 5) is 37.7. The van der Waals surface area contributed by atoms with Gasteiger partial charge in [0.1, 0.15) is 0 Å². The second-order valence-electron chi connectivity index (χ2n) is 6.20. The highest BCUT2D eigenvalue weighted by atomic mass is 32.1. The van der Waals surface area contributed by atoms with Crippen LogP contribution in [0.1, 0.15) is 32.0 Å². The van der Waals surface area contributed by atoms with Crippen LogP contribution in [-0.2, 0) is 16.1 Å². The van der Waals surface area contributed by atoms with E-state index in [-0.39, 0.29) is 24.8 Å². The molecule has 2 N–H and O–H groups in total. The number of aliphatic carboxylic acids is 1. The lowest BCUT2D eigenvalue weighted by Crippen LogP contribution is -2.46. The van der Waals surface area contributed by atoms with Gasteiger partial charge in [0.2, 0.25) is 0 Å². The minimum atomic E-state index is -0.941. The molecule has 142 valence electrons. The maximum atomic E-state index is 12.6. The standard InChI is InChI=1S/C19H20N2O5S/c22-17(23)10-15-12-21(7-8-26-15)19(25)14-5-3-13(4-6-14)11-20-18(24)16-2-1-9-27-16/h1-6,9,15H,7-8,10-12H2,(H,20,24)(H,22,23). The summed E-state index contributed by atoms with van der Waals surface area (Å²) in [6, 6.07) is 10.6. The minimum absolute atomic E-state index is 0.118. The number of nitrogens with one attached hydrogen (secondary N) is 1. The first kappa shape index (κ1) is 19.1. The lowest BCUT2D eigenvalue weighted by atomic mass is 10.1. The molecule has 1 aromatic carbocycles. The average Bonchev–Trinajstić information content (AvgIpc) is 3.20. The van der Waals surface area contributed by atoms with Crippen molar-refractivity contribution in [3.05, 3.63) is 57.8 Å². The van der Waals surface area contributed by atoms with Gasteiger partial charge in [-0.2, -0.15) is 0 Å². The van der Waals surface area contributed by atoms with Crippen LogP contribution >= 0.6 is 11.3 Å². The monoisotopic (exact) mass is 388 g/mol. The van der Waals surface area contributed by atoms with E-state index in [1.165, 1.54) is 11.3 Å². The van der Waals surface area contributed by atoms with Crippen LogP contribution in [0, 0.1) is 0 Å². The quantitative estimate of drug-likeness (QED) is 0.789. The van der Waals surface area contributed by atoms with Gasteiger partial charge in [0.05, 0.1) is 24.0 Å². The van der Waals surface area contributed by atoms with Gasteiger partial charge in [-0.1, -0.05) is 18.2 Å². The second-order valence-corrected chi connectivity index (χ2v) is 7.15. The van der Waals surface area contributed by atoms with E-state index in [1.54, 1.807) is 35.2 Å². The lowest BCUT2D eigenvalue weighted by Gasteiger charge is -2.32. The zero-order valence-electron chi connectivity index (χ0n) is 14.6. The zero-order chi connectivity index (χ0) is 19.2. The molecule has 0 bridgehead atoms. The van der Waals surface area contributed by atoms with Crippen LogP contribution in [0.3, 0.4) is 0 Å². The van der Waals surface area contributed by atoms with Crippen LogP contribution in [0.15, 0.2) is 41.8 Å². The fraction of sp³-hybridized carbons (Fsp3) is 0.316. The normalized spacial score (nSPS) is 16.7. The van der Waals surface area contributed by atoms with Gasteiger partial charge in [-0.15, -0.1) is 11.3 Å². The van der Waals surface area contributed by atoms with E-state index in [9.17, 15) is 14.4 Å². The summed E-state index contributed by atoms with van der Waals surface area (Å²) in [5.41, 5.74) is 1.42. The van der Waals surface area contributed by atoms with Crippen LogP contribution < -0.4 is 5.32 Å². The van der Waals surface area contributed by atoms with Crippen molar-refractivity contribution in [3.8, 4) is 0 Å². The summed E-state index contributed by atoms with van der Waals surface area (Å²) in [7, 11) is 0. The van der Waals surface area contributed by atoms with Crippen LogP contribution in [-0.4, -0.2) is 53.6 Å². The molecule has 2 amide bonds. The Labute approximate surface area is 160 Å². The van der Waals surface area contributed by atoms with Crippen LogP contribution in [0.4, 0.5) is 0 Å². The molecule has 0 saturated carbocycles. The molecule has 2 aromatic rings. The summed E-state index contributed by atoms with van der Waals surface area (Å²) in [6.07, 6.45) is -0.598. The highest BCUT2D eigenvalue weighted by Crippen LogP contribution is 2.14. The first-order valence-electron chi connectivity index (χ1n) is 8.56. The van der Waals surface area contributed by atoms with Gasteiger partial charge in [-0.3, -0.25) is 14.4 Å². The molecule has 27 heavy (non-hydrogen) atoms. The molecular weight excluding hydrogens is 368 g/mol. The lowest BCUT2D eigenvalue weighted by molar-refractivity contribution is -0.141. The van der Waals surface area contributed by atoms with Gasteiger partial charge in [0, 0.05) is 25.2 Å². The van der Waals surface area contributed by atoms with E-state index in [1.807, 2.05) is 11.4 Å². The Hall–Kier alpha value is -2.71. The van der Waals surface area contributed by atoms with Crippen molar-refractivity contribution in [2.45, 2.75) is 19.1 Å². The van der Waals surface area contributed by atoms with Crippen molar-refractivity contribution in [3.63, 3.8) is 0 Å². The molecule has 1 fully saturated rings. The Morgan fingerprint density at radius 2 is 2.00 bits per heavy atom. The molecular formula is C19H20N2O5S. The number of thiophene rings is 1. The number of rotatable bonds is 6. The summed E-state index contributed by atoms with van der Waals surface area (Å²) >= 11 is 1.38. The molecule has 8 heteroatoms. The third-order valence-corrected chi connectivity index (χ3v) is 5.10. The zero-order valence-corrected chi connectivity index (χ0v) is 15.4. The number of carboxylic acids is 1. The number of carboxylic acid groups (broad SMARTS) is 1. The molecule has 2 heterocycles. The molecule has 1 atom stereocenters. The predicted molar refractivity (Wildman–Crippen MR) is 99.8 cm³/mol. The number of hydrogen-bond acceptors (Lipinski definition) is 5. The largest absolute Gasteiger partial charge is 0.481 e. The average molecular weight is 388 g/mol. The van der Waals surface area contributed by atoms with Gasteiger partial charge in [0.25, 0.3) is 11.8 Å². The summed E-state index contributed by atoms with van der Waals surface area (Å²) in [6.45, 7) is 1.41. The van der Waals surface area contributed by atoms with Gasteiger partial charge in [-0.25, -0.2) is 0 Å². The van der Waals surface area contributed by atoms with Gasteiger partial charge in [0.15, 0.2) is 0 Å². The minimum Gasteiger partial charge on any atom is -0.481 e. The predicted octanol–water partition coefficient (Wildman–Crippen LogP) is 1.99. The third-order valence-electron chi connectivity index (χ3n) is 4.23. The third kappa shape index (κ3) is 5.15. The number of carbonyl (C=O) groups excluding carboxylic acids is 2. The molecule has 0 radical (unpaired) electrons. The number of ether oxygens (including phenoxy) is 1. The van der Waals surface area contributed by atoms with E-state index in [0.717, 1.165) is 5.56 Å². The number of benzene rings is 1. The Bertz CT molecular complexity index is 804. The fourth-order valence-electron chi connectivity index (χ4n) is 2.85. The van der Waals surface area contributed by atoms with Crippen molar-refractivity contribution < 1.29 is 24.2 Å². The Morgan fingerprint density at radius 1 is 1.22 bits per heavy atom. The van der Waals surface area contributed by atoms with Crippen LogP contribution in [0.2, 0.25) is 0 Å². The molecule has 1 unspecified atom stereocenters. The van der Waals surface area contributed by atoms with E-state index in [0.29, 0.717) is 30.1 Å². The van der Waals surface area contributed by atoms with Crippen molar-refractivity contribution in [1.29, 1.82) is 0 Å². The Morgan fingerprint density at radius 3 is 2.67 bits per heavy atom. The van der Waals surface area contributed by atoms with Crippen LogP contribution in [0.5, 0.6) is 0 Å².